The van der Waals surface area contributed by atoms with Gasteiger partial charge in [0.15, 0.2) is 0 Å². The van der Waals surface area contributed by atoms with Crippen LogP contribution in [0, 0.1) is 17.8 Å². The van der Waals surface area contributed by atoms with Gasteiger partial charge in [0.05, 0.1) is 12.5 Å². The van der Waals surface area contributed by atoms with E-state index in [9.17, 15) is 9.59 Å². The quantitative estimate of drug-likeness (QED) is 0.732. The second-order valence-corrected chi connectivity index (χ2v) is 4.46. The van der Waals surface area contributed by atoms with Crippen LogP contribution in [0.4, 0.5) is 0 Å². The molecule has 0 heterocycles. The Balaban J connectivity index is 2.48. The molecule has 1 saturated carbocycles. The zero-order valence-corrected chi connectivity index (χ0v) is 9.94. The summed E-state index contributed by atoms with van der Waals surface area (Å²) in [6.07, 6.45) is 2.70. The van der Waals surface area contributed by atoms with Gasteiger partial charge in [-0.25, -0.2) is 0 Å². The largest absolute Gasteiger partial charge is 0.481 e. The summed E-state index contributed by atoms with van der Waals surface area (Å²) in [4.78, 5) is 22.3. The molecule has 1 rings (SSSR count). The molecule has 0 saturated heterocycles. The molecule has 1 N–H and O–H groups in total. The van der Waals surface area contributed by atoms with Crippen molar-refractivity contribution in [1.82, 2.24) is 0 Å². The normalized spacial score (nSPS) is 29.0. The lowest BCUT2D eigenvalue weighted by Crippen LogP contribution is -2.17. The number of hydrogen-bond acceptors (Lipinski definition) is 3. The van der Waals surface area contributed by atoms with E-state index in [0.717, 1.165) is 12.8 Å². The zero-order chi connectivity index (χ0) is 12.1. The van der Waals surface area contributed by atoms with Crippen molar-refractivity contribution in [2.45, 2.75) is 39.5 Å². The van der Waals surface area contributed by atoms with Crippen molar-refractivity contribution < 1.29 is 19.4 Å². The van der Waals surface area contributed by atoms with Crippen LogP contribution in [0.15, 0.2) is 0 Å². The summed E-state index contributed by atoms with van der Waals surface area (Å²) in [5, 5.41) is 9.05. The third kappa shape index (κ3) is 3.22. The minimum absolute atomic E-state index is 0.185. The van der Waals surface area contributed by atoms with Crippen LogP contribution in [0.2, 0.25) is 0 Å². The fraction of sp³-hybridized carbons (Fsp3) is 0.833. The Labute approximate surface area is 96.0 Å². The zero-order valence-electron chi connectivity index (χ0n) is 9.94. The predicted octanol–water partition coefficient (Wildman–Crippen LogP) is 2.08. The van der Waals surface area contributed by atoms with Gasteiger partial charge in [-0.1, -0.05) is 13.3 Å². The lowest BCUT2D eigenvalue weighted by molar-refractivity contribution is -0.145. The molecule has 4 nitrogen and oxygen atoms in total. The average Bonchev–Trinajstić information content (AvgIpc) is 2.61. The number of hydrogen-bond donors (Lipinski definition) is 1. The number of rotatable bonds is 5. The molecule has 4 heteroatoms. The van der Waals surface area contributed by atoms with Gasteiger partial charge in [-0.3, -0.25) is 9.59 Å². The van der Waals surface area contributed by atoms with Gasteiger partial charge in [0.25, 0.3) is 0 Å². The minimum Gasteiger partial charge on any atom is -0.481 e. The lowest BCUT2D eigenvalue weighted by Gasteiger charge is -2.11. The first kappa shape index (κ1) is 13.0. The summed E-state index contributed by atoms with van der Waals surface area (Å²) in [7, 11) is 0. The van der Waals surface area contributed by atoms with E-state index < -0.39 is 5.97 Å². The molecule has 3 atom stereocenters. The van der Waals surface area contributed by atoms with Crippen molar-refractivity contribution in [2.75, 3.05) is 6.61 Å². The second kappa shape index (κ2) is 5.87. The van der Waals surface area contributed by atoms with Crippen molar-refractivity contribution in [3.8, 4) is 0 Å². The van der Waals surface area contributed by atoms with Crippen LogP contribution in [0.25, 0.3) is 0 Å². The Morgan fingerprint density at radius 2 is 2.00 bits per heavy atom. The van der Waals surface area contributed by atoms with Crippen LogP contribution in [0.1, 0.15) is 39.5 Å². The molecule has 0 spiro atoms. The fourth-order valence-corrected chi connectivity index (χ4v) is 2.62. The van der Waals surface area contributed by atoms with E-state index in [1.54, 1.807) is 6.92 Å². The number of aliphatic carboxylic acids is 1. The molecule has 0 aromatic heterocycles. The maximum atomic E-state index is 11.3. The first-order valence-electron chi connectivity index (χ1n) is 5.96. The third-order valence-corrected chi connectivity index (χ3v) is 3.39. The fourth-order valence-electron chi connectivity index (χ4n) is 2.62. The van der Waals surface area contributed by atoms with Gasteiger partial charge in [-0.15, -0.1) is 0 Å². The molecule has 0 unspecified atom stereocenters. The molecule has 16 heavy (non-hydrogen) atoms. The van der Waals surface area contributed by atoms with E-state index in [0.29, 0.717) is 19.4 Å². The molecule has 0 radical (unpaired) electrons. The van der Waals surface area contributed by atoms with Crippen molar-refractivity contribution in [1.29, 1.82) is 0 Å². The van der Waals surface area contributed by atoms with Crippen LogP contribution < -0.4 is 0 Å². The van der Waals surface area contributed by atoms with E-state index in [2.05, 4.69) is 0 Å². The standard InChI is InChI=1S/C12H20O4/c1-3-9-5-8(6-10(9)12(14)15)7-11(13)16-4-2/h8-10H,3-7H2,1-2H3,(H,14,15)/t8-,9-,10+/m1/s1. The van der Waals surface area contributed by atoms with E-state index in [-0.39, 0.29) is 23.7 Å². The monoisotopic (exact) mass is 228 g/mol. The number of ether oxygens (including phenoxy) is 1. The highest BCUT2D eigenvalue weighted by Gasteiger charge is 2.38. The Kier molecular flexibility index (Phi) is 4.77. The smallest absolute Gasteiger partial charge is 0.306 e. The highest BCUT2D eigenvalue weighted by molar-refractivity contribution is 5.72. The summed E-state index contributed by atoms with van der Waals surface area (Å²) in [6, 6.07) is 0. The Morgan fingerprint density at radius 3 is 2.44 bits per heavy atom. The molecular formula is C12H20O4. The lowest BCUT2D eigenvalue weighted by atomic mass is 9.94. The molecule has 0 aromatic carbocycles. The van der Waals surface area contributed by atoms with Gasteiger partial charge < -0.3 is 9.84 Å². The number of esters is 1. The van der Waals surface area contributed by atoms with E-state index >= 15 is 0 Å². The van der Waals surface area contributed by atoms with E-state index in [1.807, 2.05) is 6.92 Å². The summed E-state index contributed by atoms with van der Waals surface area (Å²) in [6.45, 7) is 4.18. The first-order valence-corrected chi connectivity index (χ1v) is 5.96. The molecule has 0 bridgehead atoms. The SMILES string of the molecule is CCOC(=O)C[C@@H]1C[C@@H](CC)[C@@H](C(=O)O)C1. The van der Waals surface area contributed by atoms with Gasteiger partial charge in [0.1, 0.15) is 0 Å². The molecule has 0 amide bonds. The van der Waals surface area contributed by atoms with Gasteiger partial charge in [-0.05, 0) is 31.6 Å². The van der Waals surface area contributed by atoms with Crippen LogP contribution in [-0.4, -0.2) is 23.7 Å². The van der Waals surface area contributed by atoms with Crippen molar-refractivity contribution in [3.63, 3.8) is 0 Å². The van der Waals surface area contributed by atoms with Crippen molar-refractivity contribution in [3.05, 3.63) is 0 Å². The molecule has 0 aromatic rings. The molecule has 0 aliphatic heterocycles. The summed E-state index contributed by atoms with van der Waals surface area (Å²) in [5.41, 5.74) is 0. The second-order valence-electron chi connectivity index (χ2n) is 4.46. The topological polar surface area (TPSA) is 63.6 Å². The van der Waals surface area contributed by atoms with Crippen molar-refractivity contribution in [2.24, 2.45) is 17.8 Å². The van der Waals surface area contributed by atoms with Gasteiger partial charge in [0.2, 0.25) is 0 Å². The minimum atomic E-state index is -0.724. The van der Waals surface area contributed by atoms with Gasteiger partial charge in [-0.2, -0.15) is 0 Å². The average molecular weight is 228 g/mol. The first-order chi connectivity index (χ1) is 7.58. The maximum absolute atomic E-state index is 11.3. The molecule has 1 fully saturated rings. The van der Waals surface area contributed by atoms with Gasteiger partial charge in [0, 0.05) is 6.42 Å². The van der Waals surface area contributed by atoms with Crippen molar-refractivity contribution >= 4 is 11.9 Å². The number of carbonyl (C=O) groups excluding carboxylic acids is 1. The summed E-state index contributed by atoms with van der Waals surface area (Å²) in [5.74, 6) is -0.793. The summed E-state index contributed by atoms with van der Waals surface area (Å²) >= 11 is 0. The number of carbonyl (C=O) groups is 2. The number of carboxylic acids is 1. The van der Waals surface area contributed by atoms with Crippen LogP contribution in [-0.2, 0) is 14.3 Å². The Bertz CT molecular complexity index is 262. The molecule has 1 aliphatic rings. The van der Waals surface area contributed by atoms with Gasteiger partial charge >= 0.3 is 11.9 Å². The molecule has 92 valence electrons. The summed E-state index contributed by atoms with van der Waals surface area (Å²) < 4.78 is 4.88. The predicted molar refractivity (Wildman–Crippen MR) is 58.9 cm³/mol. The Hall–Kier alpha value is -1.06. The maximum Gasteiger partial charge on any atom is 0.306 e. The molecular weight excluding hydrogens is 208 g/mol. The number of carboxylic acid groups (broad SMARTS) is 1. The van der Waals surface area contributed by atoms with Crippen LogP contribution in [0.3, 0.4) is 0 Å². The van der Waals surface area contributed by atoms with Crippen LogP contribution >= 0.6 is 0 Å². The van der Waals surface area contributed by atoms with Crippen LogP contribution in [0.5, 0.6) is 0 Å². The molecule has 1 aliphatic carbocycles. The van der Waals surface area contributed by atoms with E-state index in [4.69, 9.17) is 9.84 Å². The highest BCUT2D eigenvalue weighted by Crippen LogP contribution is 2.40. The highest BCUT2D eigenvalue weighted by atomic mass is 16.5. The van der Waals surface area contributed by atoms with E-state index in [1.165, 1.54) is 0 Å². The third-order valence-electron chi connectivity index (χ3n) is 3.39. The Morgan fingerprint density at radius 1 is 1.31 bits per heavy atom.